The van der Waals surface area contributed by atoms with Crippen LogP contribution < -0.4 is 14.9 Å². The molecule has 0 aliphatic heterocycles. The van der Waals surface area contributed by atoms with Gasteiger partial charge in [-0.15, -0.1) is 11.3 Å². The first-order chi connectivity index (χ1) is 11.1. The molecule has 0 bridgehead atoms. The van der Waals surface area contributed by atoms with Crippen molar-refractivity contribution in [2.75, 3.05) is 19.1 Å². The Labute approximate surface area is 141 Å². The second-order valence-electron chi connectivity index (χ2n) is 5.61. The maximum Gasteiger partial charge on any atom is 0.203 e. The molecule has 23 heavy (non-hydrogen) atoms. The van der Waals surface area contributed by atoms with Crippen molar-refractivity contribution in [3.63, 3.8) is 0 Å². The van der Waals surface area contributed by atoms with E-state index in [1.165, 1.54) is 11.3 Å². The monoisotopic (exact) mass is 333 g/mol. The fourth-order valence-corrected chi connectivity index (χ4v) is 2.50. The van der Waals surface area contributed by atoms with Gasteiger partial charge in [-0.2, -0.15) is 5.10 Å². The number of hydrogen-bond acceptors (Lipinski definition) is 6. The number of nitrogens with one attached hydrogen (secondary N) is 1. The molecule has 0 fully saturated rings. The molecule has 0 aliphatic rings. The molecule has 124 valence electrons. The summed E-state index contributed by atoms with van der Waals surface area (Å²) in [5, 5.41) is 6.96. The highest BCUT2D eigenvalue weighted by Gasteiger charge is 2.06. The van der Waals surface area contributed by atoms with Gasteiger partial charge in [-0.05, 0) is 43.0 Å². The Kier molecular flexibility index (Phi) is 6.40. The maximum absolute atomic E-state index is 5.83. The average molecular weight is 333 g/mol. The smallest absolute Gasteiger partial charge is 0.203 e. The van der Waals surface area contributed by atoms with Crippen molar-refractivity contribution in [3.05, 3.63) is 34.8 Å². The van der Waals surface area contributed by atoms with Crippen molar-refractivity contribution < 1.29 is 9.47 Å². The highest BCUT2D eigenvalue weighted by atomic mass is 32.1. The first-order valence-electron chi connectivity index (χ1n) is 7.60. The zero-order chi connectivity index (χ0) is 16.7. The SMILES string of the molecule is COc1ccc(C=NNc2nc(C)cs2)cc1OCCC(C)C. The van der Waals surface area contributed by atoms with Gasteiger partial charge in [-0.1, -0.05) is 13.8 Å². The van der Waals surface area contributed by atoms with Gasteiger partial charge in [0.15, 0.2) is 11.5 Å². The molecule has 6 heteroatoms. The van der Waals surface area contributed by atoms with E-state index in [0.29, 0.717) is 12.5 Å². The Morgan fingerprint density at radius 2 is 2.17 bits per heavy atom. The molecule has 0 saturated carbocycles. The second-order valence-corrected chi connectivity index (χ2v) is 6.46. The van der Waals surface area contributed by atoms with Gasteiger partial charge in [0.05, 0.1) is 25.6 Å². The van der Waals surface area contributed by atoms with Crippen LogP contribution in [-0.2, 0) is 0 Å². The second kappa shape index (κ2) is 8.53. The van der Waals surface area contributed by atoms with Crippen LogP contribution in [0.15, 0.2) is 28.7 Å². The van der Waals surface area contributed by atoms with Crippen LogP contribution in [0.3, 0.4) is 0 Å². The van der Waals surface area contributed by atoms with Crippen LogP contribution in [0.1, 0.15) is 31.5 Å². The lowest BCUT2D eigenvalue weighted by molar-refractivity contribution is 0.273. The maximum atomic E-state index is 5.83. The molecule has 1 aromatic heterocycles. The molecule has 0 radical (unpaired) electrons. The minimum absolute atomic E-state index is 0.608. The van der Waals surface area contributed by atoms with E-state index in [4.69, 9.17) is 9.47 Å². The first kappa shape index (κ1) is 17.3. The van der Waals surface area contributed by atoms with Gasteiger partial charge < -0.3 is 9.47 Å². The fourth-order valence-electron chi connectivity index (χ4n) is 1.86. The van der Waals surface area contributed by atoms with Crippen LogP contribution in [-0.4, -0.2) is 24.9 Å². The van der Waals surface area contributed by atoms with Gasteiger partial charge in [0.2, 0.25) is 5.13 Å². The molecule has 0 aliphatic carbocycles. The summed E-state index contributed by atoms with van der Waals surface area (Å²) in [6, 6.07) is 5.75. The Hall–Kier alpha value is -2.08. The third kappa shape index (κ3) is 5.56. The van der Waals surface area contributed by atoms with E-state index in [9.17, 15) is 0 Å². The highest BCUT2D eigenvalue weighted by Crippen LogP contribution is 2.28. The normalized spacial score (nSPS) is 11.2. The van der Waals surface area contributed by atoms with Crippen LogP contribution >= 0.6 is 11.3 Å². The third-order valence-corrected chi connectivity index (χ3v) is 4.00. The molecule has 0 amide bonds. The van der Waals surface area contributed by atoms with Gasteiger partial charge in [0, 0.05) is 5.38 Å². The number of anilines is 1. The number of benzene rings is 1. The molecule has 2 aromatic rings. The third-order valence-electron chi connectivity index (χ3n) is 3.13. The molecule has 0 spiro atoms. The number of aryl methyl sites for hydroxylation is 1. The van der Waals surface area contributed by atoms with Crippen LogP contribution in [0.25, 0.3) is 0 Å². The lowest BCUT2D eigenvalue weighted by Gasteiger charge is -2.12. The number of methoxy groups -OCH3 is 1. The number of ether oxygens (including phenoxy) is 2. The molecule has 0 atom stereocenters. The van der Waals surface area contributed by atoms with Crippen molar-refractivity contribution >= 4 is 22.7 Å². The Balaban J connectivity index is 2.01. The topological polar surface area (TPSA) is 55.7 Å². The summed E-state index contributed by atoms with van der Waals surface area (Å²) < 4.78 is 11.2. The Bertz CT molecular complexity index is 653. The number of thiazole rings is 1. The molecular formula is C17H23N3O2S. The van der Waals surface area contributed by atoms with E-state index in [1.54, 1.807) is 13.3 Å². The van der Waals surface area contributed by atoms with Gasteiger partial charge in [0.1, 0.15) is 0 Å². The molecule has 2 rings (SSSR count). The lowest BCUT2D eigenvalue weighted by Crippen LogP contribution is -2.03. The standard InChI is InChI=1S/C17H23N3O2S/c1-12(2)7-8-22-16-9-14(5-6-15(16)21-4)10-18-20-17-19-13(3)11-23-17/h5-6,9-12H,7-8H2,1-4H3,(H,19,20). The summed E-state index contributed by atoms with van der Waals surface area (Å²) in [7, 11) is 1.64. The van der Waals surface area contributed by atoms with Gasteiger partial charge in [0.25, 0.3) is 0 Å². The summed E-state index contributed by atoms with van der Waals surface area (Å²) in [5.74, 6) is 2.08. The fraction of sp³-hybridized carbons (Fsp3) is 0.412. The largest absolute Gasteiger partial charge is 0.493 e. The van der Waals surface area contributed by atoms with Gasteiger partial charge in [-0.3, -0.25) is 5.43 Å². The summed E-state index contributed by atoms with van der Waals surface area (Å²) in [6.07, 6.45) is 2.75. The molecule has 1 aromatic carbocycles. The van der Waals surface area contributed by atoms with Gasteiger partial charge in [-0.25, -0.2) is 4.98 Å². The zero-order valence-electron chi connectivity index (χ0n) is 14.0. The van der Waals surface area contributed by atoms with E-state index in [0.717, 1.165) is 34.3 Å². The minimum atomic E-state index is 0.608. The van der Waals surface area contributed by atoms with Crippen molar-refractivity contribution in [2.45, 2.75) is 27.2 Å². The van der Waals surface area contributed by atoms with Crippen molar-refractivity contribution in [3.8, 4) is 11.5 Å². The van der Waals surface area contributed by atoms with E-state index < -0.39 is 0 Å². The summed E-state index contributed by atoms with van der Waals surface area (Å²) in [6.45, 7) is 6.98. The van der Waals surface area contributed by atoms with Crippen LogP contribution in [0.2, 0.25) is 0 Å². The predicted molar refractivity (Wildman–Crippen MR) is 96.0 cm³/mol. The van der Waals surface area contributed by atoms with E-state index in [-0.39, 0.29) is 0 Å². The summed E-state index contributed by atoms with van der Waals surface area (Å²) in [5.41, 5.74) is 4.85. The molecule has 1 heterocycles. The predicted octanol–water partition coefficient (Wildman–Crippen LogP) is 4.33. The van der Waals surface area contributed by atoms with Crippen LogP contribution in [0.5, 0.6) is 11.5 Å². The summed E-state index contributed by atoms with van der Waals surface area (Å²) in [4.78, 5) is 4.29. The molecular weight excluding hydrogens is 310 g/mol. The average Bonchev–Trinajstić information content (AvgIpc) is 2.93. The van der Waals surface area contributed by atoms with E-state index in [1.807, 2.05) is 30.5 Å². The van der Waals surface area contributed by atoms with Crippen molar-refractivity contribution in [1.82, 2.24) is 4.98 Å². The number of hydrazone groups is 1. The minimum Gasteiger partial charge on any atom is -0.493 e. The Morgan fingerprint density at radius 3 is 2.83 bits per heavy atom. The number of rotatable bonds is 8. The lowest BCUT2D eigenvalue weighted by atomic mass is 10.1. The number of hydrogen-bond donors (Lipinski definition) is 1. The molecule has 0 unspecified atom stereocenters. The Morgan fingerprint density at radius 1 is 1.35 bits per heavy atom. The molecule has 1 N–H and O–H groups in total. The van der Waals surface area contributed by atoms with Crippen LogP contribution in [0.4, 0.5) is 5.13 Å². The quantitative estimate of drug-likeness (QED) is 0.577. The summed E-state index contributed by atoms with van der Waals surface area (Å²) >= 11 is 1.53. The van der Waals surface area contributed by atoms with E-state index in [2.05, 4.69) is 29.4 Å². The van der Waals surface area contributed by atoms with Crippen molar-refractivity contribution in [2.24, 2.45) is 11.0 Å². The van der Waals surface area contributed by atoms with Gasteiger partial charge >= 0.3 is 0 Å². The first-order valence-corrected chi connectivity index (χ1v) is 8.48. The number of aromatic nitrogens is 1. The molecule has 5 nitrogen and oxygen atoms in total. The van der Waals surface area contributed by atoms with Crippen LogP contribution in [0, 0.1) is 12.8 Å². The highest BCUT2D eigenvalue weighted by molar-refractivity contribution is 7.13. The molecule has 0 saturated heterocycles. The van der Waals surface area contributed by atoms with Crippen molar-refractivity contribution in [1.29, 1.82) is 0 Å². The van der Waals surface area contributed by atoms with E-state index >= 15 is 0 Å². The number of nitrogens with zero attached hydrogens (tertiary/aromatic N) is 2. The zero-order valence-corrected chi connectivity index (χ0v) is 14.8.